The first-order chi connectivity index (χ1) is 13.9. The molecule has 156 valence electrons. The van der Waals surface area contributed by atoms with Crippen molar-refractivity contribution in [1.82, 2.24) is 0 Å². The molecule has 0 spiro atoms. The van der Waals surface area contributed by atoms with Crippen LogP contribution in [-0.2, 0) is 0 Å². The number of hydrogen-bond donors (Lipinski definition) is 12. The molecule has 4 aromatic rings. The molecule has 30 heavy (non-hydrogen) atoms. The number of benzene rings is 4. The average molecular weight is 410 g/mol. The quantitative estimate of drug-likeness (QED) is 0.0356. The van der Waals surface area contributed by atoms with Crippen molar-refractivity contribution >= 4 is 89.2 Å². The number of rotatable bonds is 0. The molecule has 0 aromatic heterocycles. The molecule has 0 fully saturated rings. The number of nitrogens with two attached hydrogens (primary N) is 10. The van der Waals surface area contributed by atoms with Gasteiger partial charge in [0.15, 0.2) is 11.5 Å². The Morgan fingerprint density at radius 3 is 1.10 bits per heavy atom. The van der Waals surface area contributed by atoms with Gasteiger partial charge in [-0.3, -0.25) is 0 Å². The Hall–Kier alpha value is -4.74. The average Bonchev–Trinajstić information content (AvgIpc) is 2.71. The Bertz CT molecular complexity index is 1450. The molecule has 0 radical (unpaired) electrons. The highest BCUT2D eigenvalue weighted by Gasteiger charge is 2.27. The van der Waals surface area contributed by atoms with E-state index in [1.807, 2.05) is 0 Å². The van der Waals surface area contributed by atoms with Crippen LogP contribution in [0.25, 0.3) is 32.3 Å². The van der Waals surface area contributed by atoms with Crippen LogP contribution in [0.5, 0.6) is 11.5 Å². The number of anilines is 10. The summed E-state index contributed by atoms with van der Waals surface area (Å²) in [7, 11) is 0. The van der Waals surface area contributed by atoms with Gasteiger partial charge in [-0.1, -0.05) is 0 Å². The van der Waals surface area contributed by atoms with Crippen molar-refractivity contribution in [2.45, 2.75) is 0 Å². The summed E-state index contributed by atoms with van der Waals surface area (Å²) in [6, 6.07) is 0. The summed E-state index contributed by atoms with van der Waals surface area (Å²) in [5.41, 5.74) is 61.6. The van der Waals surface area contributed by atoms with E-state index in [9.17, 15) is 10.2 Å². The largest absolute Gasteiger partial charge is 0.504 e. The lowest BCUT2D eigenvalue weighted by Crippen LogP contribution is -2.10. The van der Waals surface area contributed by atoms with Crippen LogP contribution in [0, 0.1) is 0 Å². The Morgan fingerprint density at radius 2 is 0.567 bits per heavy atom. The SMILES string of the molecule is Nc1c(O)c(O)c2c(N)c3c(N)c(N)c4c(N)c(N)c(N)c(N)c4c3c(N)c2c1N. The van der Waals surface area contributed by atoms with Crippen LogP contribution >= 0.6 is 0 Å². The zero-order chi connectivity index (χ0) is 22.4. The first-order valence-corrected chi connectivity index (χ1v) is 8.58. The van der Waals surface area contributed by atoms with E-state index in [0.717, 1.165) is 0 Å². The first kappa shape index (κ1) is 18.6. The minimum atomic E-state index is -0.640. The third kappa shape index (κ3) is 1.83. The summed E-state index contributed by atoms with van der Waals surface area (Å²) in [6.07, 6.45) is 0. The summed E-state index contributed by atoms with van der Waals surface area (Å²) >= 11 is 0. The van der Waals surface area contributed by atoms with Gasteiger partial charge in [-0.15, -0.1) is 0 Å². The standard InChI is InChI=1S/C18H22N10O2/c19-7-1-2-4(12(24)15(27)14(26)9(2)21)11(23)10(22)3(1)8(20)6-5(7)13(25)16(28)18(30)17(6)29/h29-30H,19-28H2. The fourth-order valence-electron chi connectivity index (χ4n) is 4.00. The van der Waals surface area contributed by atoms with Gasteiger partial charge in [0.25, 0.3) is 0 Å². The van der Waals surface area contributed by atoms with Crippen LogP contribution in [-0.4, -0.2) is 10.2 Å². The number of fused-ring (bicyclic) bond motifs is 4. The maximum absolute atomic E-state index is 10.5. The molecule has 0 amide bonds. The Labute approximate surface area is 168 Å². The molecule has 4 aromatic carbocycles. The van der Waals surface area contributed by atoms with E-state index in [0.29, 0.717) is 0 Å². The van der Waals surface area contributed by atoms with Gasteiger partial charge in [0.2, 0.25) is 0 Å². The molecular weight excluding hydrogens is 388 g/mol. The minimum Gasteiger partial charge on any atom is -0.504 e. The third-order valence-electron chi connectivity index (χ3n) is 5.59. The van der Waals surface area contributed by atoms with E-state index in [-0.39, 0.29) is 89.2 Å². The molecule has 0 bridgehead atoms. The van der Waals surface area contributed by atoms with Gasteiger partial charge in [-0.25, -0.2) is 0 Å². The van der Waals surface area contributed by atoms with Gasteiger partial charge >= 0.3 is 0 Å². The number of phenols is 2. The molecule has 0 atom stereocenters. The molecule has 0 aliphatic carbocycles. The maximum Gasteiger partial charge on any atom is 0.183 e. The van der Waals surface area contributed by atoms with E-state index in [4.69, 9.17) is 57.3 Å². The van der Waals surface area contributed by atoms with Crippen molar-refractivity contribution in [2.75, 3.05) is 57.3 Å². The lowest BCUT2D eigenvalue weighted by atomic mass is 9.89. The molecule has 12 heteroatoms. The molecule has 0 aliphatic rings. The van der Waals surface area contributed by atoms with Crippen LogP contribution in [0.1, 0.15) is 0 Å². The Kier molecular flexibility index (Phi) is 3.36. The van der Waals surface area contributed by atoms with Crippen molar-refractivity contribution in [3.8, 4) is 11.5 Å². The molecule has 4 rings (SSSR count). The summed E-state index contributed by atoms with van der Waals surface area (Å²) in [6.45, 7) is 0. The molecule has 12 nitrogen and oxygen atoms in total. The van der Waals surface area contributed by atoms with Gasteiger partial charge < -0.3 is 67.5 Å². The zero-order valence-electron chi connectivity index (χ0n) is 15.7. The van der Waals surface area contributed by atoms with E-state index in [1.54, 1.807) is 0 Å². The fourth-order valence-corrected chi connectivity index (χ4v) is 4.00. The van der Waals surface area contributed by atoms with E-state index >= 15 is 0 Å². The van der Waals surface area contributed by atoms with Crippen LogP contribution < -0.4 is 57.3 Å². The third-order valence-corrected chi connectivity index (χ3v) is 5.59. The van der Waals surface area contributed by atoms with Crippen molar-refractivity contribution < 1.29 is 10.2 Å². The highest BCUT2D eigenvalue weighted by molar-refractivity contribution is 6.38. The second kappa shape index (κ2) is 5.41. The summed E-state index contributed by atoms with van der Waals surface area (Å²) in [5, 5.41) is 21.7. The second-order valence-electron chi connectivity index (χ2n) is 7.08. The topological polar surface area (TPSA) is 301 Å². The van der Waals surface area contributed by atoms with Crippen molar-refractivity contribution in [1.29, 1.82) is 0 Å². The normalized spacial score (nSPS) is 11.6. The number of aromatic hydroxyl groups is 2. The summed E-state index contributed by atoms with van der Waals surface area (Å²) in [4.78, 5) is 0. The minimum absolute atomic E-state index is 0.0214. The van der Waals surface area contributed by atoms with Gasteiger partial charge in [0.1, 0.15) is 5.69 Å². The smallest absolute Gasteiger partial charge is 0.183 e. The monoisotopic (exact) mass is 410 g/mol. The lowest BCUT2D eigenvalue weighted by Gasteiger charge is -2.23. The molecule has 0 aliphatic heterocycles. The number of phenolic OH excluding ortho intramolecular Hbond substituents is 2. The predicted octanol–water partition coefficient (Wildman–Crippen LogP) is 0.379. The van der Waals surface area contributed by atoms with Crippen molar-refractivity contribution in [3.05, 3.63) is 0 Å². The van der Waals surface area contributed by atoms with Crippen LogP contribution in [0.15, 0.2) is 0 Å². The van der Waals surface area contributed by atoms with Gasteiger partial charge in [0.05, 0.1) is 56.6 Å². The summed E-state index contributed by atoms with van der Waals surface area (Å²) in [5.74, 6) is -1.25. The highest BCUT2D eigenvalue weighted by atomic mass is 16.3. The number of nitrogen functional groups attached to an aromatic ring is 10. The molecule has 22 N–H and O–H groups in total. The van der Waals surface area contributed by atoms with Crippen molar-refractivity contribution in [3.63, 3.8) is 0 Å². The predicted molar refractivity (Wildman–Crippen MR) is 126 cm³/mol. The Balaban J connectivity index is 2.54. The molecule has 0 unspecified atom stereocenters. The van der Waals surface area contributed by atoms with E-state index in [1.165, 1.54) is 0 Å². The highest BCUT2D eigenvalue weighted by Crippen LogP contribution is 2.56. The first-order valence-electron chi connectivity index (χ1n) is 8.58. The van der Waals surface area contributed by atoms with Crippen LogP contribution in [0.2, 0.25) is 0 Å². The van der Waals surface area contributed by atoms with Crippen LogP contribution in [0.4, 0.5) is 56.9 Å². The lowest BCUT2D eigenvalue weighted by molar-refractivity contribution is 0.410. The molecule has 0 saturated heterocycles. The Morgan fingerprint density at radius 1 is 0.267 bits per heavy atom. The van der Waals surface area contributed by atoms with Crippen LogP contribution in [0.3, 0.4) is 0 Å². The van der Waals surface area contributed by atoms with Gasteiger partial charge in [0, 0.05) is 26.9 Å². The molecular formula is C18H22N10O2. The summed E-state index contributed by atoms with van der Waals surface area (Å²) < 4.78 is 0. The second-order valence-corrected chi connectivity index (χ2v) is 7.08. The molecule has 0 heterocycles. The van der Waals surface area contributed by atoms with Gasteiger partial charge in [-0.2, -0.15) is 0 Å². The maximum atomic E-state index is 10.5. The van der Waals surface area contributed by atoms with Gasteiger partial charge in [-0.05, 0) is 0 Å². The van der Waals surface area contributed by atoms with Crippen molar-refractivity contribution in [2.24, 2.45) is 0 Å². The van der Waals surface area contributed by atoms with E-state index < -0.39 is 11.5 Å². The number of hydrogen-bond acceptors (Lipinski definition) is 12. The molecule has 0 saturated carbocycles. The van der Waals surface area contributed by atoms with E-state index in [2.05, 4.69) is 0 Å². The zero-order valence-corrected chi connectivity index (χ0v) is 15.7. The fraction of sp³-hybridized carbons (Fsp3) is 0.